The van der Waals surface area contributed by atoms with Crippen molar-refractivity contribution >= 4 is 17.4 Å². The molecule has 5 heteroatoms. The molecule has 1 aromatic carbocycles. The Morgan fingerprint density at radius 3 is 2.72 bits per heavy atom. The third-order valence-corrected chi connectivity index (χ3v) is 2.61. The van der Waals surface area contributed by atoms with Crippen LogP contribution in [0.2, 0.25) is 0 Å². The molecule has 0 radical (unpaired) electrons. The number of benzene rings is 1. The van der Waals surface area contributed by atoms with Gasteiger partial charge in [0.25, 0.3) is 5.91 Å². The maximum absolute atomic E-state index is 12.1. The van der Waals surface area contributed by atoms with Gasteiger partial charge in [0, 0.05) is 17.8 Å². The molecule has 0 aliphatic heterocycles. The summed E-state index contributed by atoms with van der Waals surface area (Å²) < 4.78 is 1.75. The van der Waals surface area contributed by atoms with Crippen molar-refractivity contribution in [2.75, 3.05) is 11.1 Å². The van der Waals surface area contributed by atoms with Gasteiger partial charge in [-0.15, -0.1) is 0 Å². The van der Waals surface area contributed by atoms with Crippen LogP contribution in [-0.4, -0.2) is 15.7 Å². The van der Waals surface area contributed by atoms with Crippen molar-refractivity contribution in [3.63, 3.8) is 0 Å². The van der Waals surface area contributed by atoms with Crippen LogP contribution < -0.4 is 11.1 Å². The zero-order valence-corrected chi connectivity index (χ0v) is 10.4. The van der Waals surface area contributed by atoms with Crippen molar-refractivity contribution in [2.45, 2.75) is 19.9 Å². The Kier molecular flexibility index (Phi) is 3.32. The predicted molar refractivity (Wildman–Crippen MR) is 71.4 cm³/mol. The molecule has 3 N–H and O–H groups in total. The van der Waals surface area contributed by atoms with E-state index in [1.807, 2.05) is 13.8 Å². The quantitative estimate of drug-likeness (QED) is 0.814. The lowest BCUT2D eigenvalue weighted by molar-refractivity contribution is 0.102. The molecule has 5 nitrogen and oxygen atoms in total. The van der Waals surface area contributed by atoms with E-state index in [0.29, 0.717) is 17.1 Å². The zero-order valence-electron chi connectivity index (χ0n) is 10.4. The first kappa shape index (κ1) is 12.2. The fourth-order valence-electron chi connectivity index (χ4n) is 1.71. The molecule has 94 valence electrons. The highest BCUT2D eigenvalue weighted by molar-refractivity contribution is 6.07. The summed E-state index contributed by atoms with van der Waals surface area (Å²) in [7, 11) is 0. The van der Waals surface area contributed by atoms with E-state index in [0.717, 1.165) is 0 Å². The van der Waals surface area contributed by atoms with Gasteiger partial charge >= 0.3 is 0 Å². The molecule has 0 spiro atoms. The standard InChI is InChI=1S/C13H16N4O/c1-9(2)17-12(7-8-15-17)16-13(18)10-5-3-4-6-11(10)14/h3-9H,14H2,1-2H3,(H,16,18). The number of rotatable bonds is 3. The number of amides is 1. The van der Waals surface area contributed by atoms with E-state index >= 15 is 0 Å². The van der Waals surface area contributed by atoms with E-state index in [4.69, 9.17) is 5.73 Å². The Labute approximate surface area is 106 Å². The van der Waals surface area contributed by atoms with Crippen LogP contribution in [0.4, 0.5) is 11.5 Å². The smallest absolute Gasteiger partial charge is 0.258 e. The van der Waals surface area contributed by atoms with E-state index < -0.39 is 0 Å². The fraction of sp³-hybridized carbons (Fsp3) is 0.231. The fourth-order valence-corrected chi connectivity index (χ4v) is 1.71. The average Bonchev–Trinajstić information content (AvgIpc) is 2.77. The first-order valence-electron chi connectivity index (χ1n) is 5.79. The number of nitrogens with two attached hydrogens (primary N) is 1. The van der Waals surface area contributed by atoms with Gasteiger partial charge < -0.3 is 11.1 Å². The maximum atomic E-state index is 12.1. The minimum absolute atomic E-state index is 0.184. The van der Waals surface area contributed by atoms with Gasteiger partial charge in [-0.2, -0.15) is 5.10 Å². The van der Waals surface area contributed by atoms with Crippen LogP contribution in [0.15, 0.2) is 36.5 Å². The number of anilines is 2. The number of carbonyl (C=O) groups is 1. The van der Waals surface area contributed by atoms with Crippen molar-refractivity contribution in [3.05, 3.63) is 42.1 Å². The molecule has 0 saturated heterocycles. The highest BCUT2D eigenvalue weighted by Crippen LogP contribution is 2.16. The summed E-state index contributed by atoms with van der Waals surface area (Å²) in [5, 5.41) is 6.97. The summed E-state index contributed by atoms with van der Waals surface area (Å²) in [6, 6.07) is 8.92. The lowest BCUT2D eigenvalue weighted by Gasteiger charge is -2.12. The summed E-state index contributed by atoms with van der Waals surface area (Å²) >= 11 is 0. The van der Waals surface area contributed by atoms with Gasteiger partial charge in [0.05, 0.1) is 11.8 Å². The molecule has 18 heavy (non-hydrogen) atoms. The monoisotopic (exact) mass is 244 g/mol. The average molecular weight is 244 g/mol. The lowest BCUT2D eigenvalue weighted by atomic mass is 10.1. The van der Waals surface area contributed by atoms with Crippen LogP contribution in [0.3, 0.4) is 0 Å². The number of hydrogen-bond acceptors (Lipinski definition) is 3. The molecule has 1 aromatic heterocycles. The van der Waals surface area contributed by atoms with Crippen molar-refractivity contribution in [2.24, 2.45) is 0 Å². The van der Waals surface area contributed by atoms with Crippen molar-refractivity contribution in [1.29, 1.82) is 0 Å². The second-order valence-electron chi connectivity index (χ2n) is 4.30. The highest BCUT2D eigenvalue weighted by Gasteiger charge is 2.12. The maximum Gasteiger partial charge on any atom is 0.258 e. The topological polar surface area (TPSA) is 72.9 Å². The van der Waals surface area contributed by atoms with Crippen molar-refractivity contribution in [3.8, 4) is 0 Å². The van der Waals surface area contributed by atoms with E-state index in [2.05, 4.69) is 10.4 Å². The molecular formula is C13H16N4O. The highest BCUT2D eigenvalue weighted by atomic mass is 16.1. The summed E-state index contributed by atoms with van der Waals surface area (Å²) in [6.07, 6.45) is 1.66. The number of hydrogen-bond donors (Lipinski definition) is 2. The van der Waals surface area contributed by atoms with Gasteiger partial charge in [-0.3, -0.25) is 4.79 Å². The van der Waals surface area contributed by atoms with Crippen LogP contribution in [0.25, 0.3) is 0 Å². The van der Waals surface area contributed by atoms with Gasteiger partial charge in [0.15, 0.2) is 0 Å². The summed E-state index contributed by atoms with van der Waals surface area (Å²) in [6.45, 7) is 4.00. The number of nitrogens with zero attached hydrogens (tertiary/aromatic N) is 2. The van der Waals surface area contributed by atoms with E-state index in [9.17, 15) is 4.79 Å². The molecule has 1 heterocycles. The molecule has 0 aliphatic carbocycles. The molecule has 0 aliphatic rings. The first-order chi connectivity index (χ1) is 8.59. The molecule has 0 atom stereocenters. The van der Waals surface area contributed by atoms with Crippen LogP contribution in [-0.2, 0) is 0 Å². The third kappa shape index (κ3) is 2.34. The van der Waals surface area contributed by atoms with Gasteiger partial charge in [0.2, 0.25) is 0 Å². The summed E-state index contributed by atoms with van der Waals surface area (Å²) in [5.74, 6) is 0.439. The zero-order chi connectivity index (χ0) is 13.1. The van der Waals surface area contributed by atoms with Crippen LogP contribution in [0, 0.1) is 0 Å². The Balaban J connectivity index is 2.22. The van der Waals surface area contributed by atoms with E-state index in [-0.39, 0.29) is 11.9 Å². The molecule has 0 fully saturated rings. The lowest BCUT2D eigenvalue weighted by Crippen LogP contribution is -2.17. The third-order valence-electron chi connectivity index (χ3n) is 2.61. The number of carbonyl (C=O) groups excluding carboxylic acids is 1. The second-order valence-corrected chi connectivity index (χ2v) is 4.30. The molecule has 2 aromatic rings. The number of aromatic nitrogens is 2. The minimum atomic E-state index is -0.226. The molecule has 0 bridgehead atoms. The molecular weight excluding hydrogens is 228 g/mol. The molecule has 0 unspecified atom stereocenters. The van der Waals surface area contributed by atoms with Gasteiger partial charge in [-0.25, -0.2) is 4.68 Å². The first-order valence-corrected chi connectivity index (χ1v) is 5.79. The Morgan fingerprint density at radius 1 is 1.33 bits per heavy atom. The Bertz CT molecular complexity index is 560. The van der Waals surface area contributed by atoms with Crippen molar-refractivity contribution < 1.29 is 4.79 Å². The van der Waals surface area contributed by atoms with Crippen LogP contribution in [0.5, 0.6) is 0 Å². The SMILES string of the molecule is CC(C)n1nccc1NC(=O)c1ccccc1N. The predicted octanol–water partition coefficient (Wildman–Crippen LogP) is 2.30. The summed E-state index contributed by atoms with van der Waals surface area (Å²) in [5.41, 5.74) is 6.70. The Hall–Kier alpha value is -2.30. The van der Waals surface area contributed by atoms with E-state index in [1.54, 1.807) is 41.2 Å². The number of para-hydroxylation sites is 1. The van der Waals surface area contributed by atoms with Crippen molar-refractivity contribution in [1.82, 2.24) is 9.78 Å². The Morgan fingerprint density at radius 2 is 2.06 bits per heavy atom. The largest absolute Gasteiger partial charge is 0.398 e. The molecule has 2 rings (SSSR count). The second kappa shape index (κ2) is 4.91. The normalized spacial score (nSPS) is 10.6. The van der Waals surface area contributed by atoms with E-state index in [1.165, 1.54) is 0 Å². The summed E-state index contributed by atoms with van der Waals surface area (Å²) in [4.78, 5) is 12.1. The van der Waals surface area contributed by atoms with Gasteiger partial charge in [-0.1, -0.05) is 12.1 Å². The minimum Gasteiger partial charge on any atom is -0.398 e. The van der Waals surface area contributed by atoms with Gasteiger partial charge in [0.1, 0.15) is 5.82 Å². The molecule has 1 amide bonds. The number of nitrogens with one attached hydrogen (secondary N) is 1. The molecule has 0 saturated carbocycles. The van der Waals surface area contributed by atoms with Crippen LogP contribution >= 0.6 is 0 Å². The van der Waals surface area contributed by atoms with Gasteiger partial charge in [-0.05, 0) is 26.0 Å². The van der Waals surface area contributed by atoms with Crippen LogP contribution in [0.1, 0.15) is 30.2 Å². The number of nitrogen functional groups attached to an aromatic ring is 1.